The quantitative estimate of drug-likeness (QED) is 0.205. The molecule has 0 saturated heterocycles. The number of unbranched alkanes of at least 4 members (excludes halogenated alkanes) is 1. The van der Waals surface area contributed by atoms with Crippen LogP contribution in [0.25, 0.3) is 0 Å². The van der Waals surface area contributed by atoms with E-state index in [0.717, 1.165) is 32.1 Å². The summed E-state index contributed by atoms with van der Waals surface area (Å²) in [5.74, 6) is 0.516. The van der Waals surface area contributed by atoms with Crippen LogP contribution in [0.3, 0.4) is 0 Å². The summed E-state index contributed by atoms with van der Waals surface area (Å²) in [4.78, 5) is 28.1. The average molecular weight is 511 g/mol. The van der Waals surface area contributed by atoms with E-state index in [0.29, 0.717) is 25.1 Å². The number of nitrogens with zero attached hydrogens (tertiary/aromatic N) is 1. The van der Waals surface area contributed by atoms with Crippen LogP contribution in [0, 0.1) is 0 Å². The number of carbonyl (C=O) groups is 2. The van der Waals surface area contributed by atoms with Gasteiger partial charge in [-0.25, -0.2) is 9.79 Å². The van der Waals surface area contributed by atoms with Crippen molar-refractivity contribution in [3.8, 4) is 0 Å². The number of guanidine groups is 1. The first kappa shape index (κ1) is 26.7. The third-order valence-electron chi connectivity index (χ3n) is 3.81. The zero-order chi connectivity index (χ0) is 20.3. The maximum Gasteiger partial charge on any atom is 0.407 e. The lowest BCUT2D eigenvalue weighted by atomic mass is 10.1. The molecule has 2 amide bonds. The third kappa shape index (κ3) is 13.8. The Kier molecular flexibility index (Phi) is 13.2. The number of hydrogen-bond acceptors (Lipinski definition) is 4. The van der Waals surface area contributed by atoms with E-state index in [4.69, 9.17) is 4.74 Å². The number of halogens is 1. The number of aliphatic imine (C=N–C) groups is 1. The fourth-order valence-electron chi connectivity index (χ4n) is 2.36. The second-order valence-electron chi connectivity index (χ2n) is 7.90. The Morgan fingerprint density at radius 2 is 1.86 bits per heavy atom. The van der Waals surface area contributed by atoms with Crippen LogP contribution < -0.4 is 21.3 Å². The lowest BCUT2D eigenvalue weighted by molar-refractivity contribution is -0.119. The Morgan fingerprint density at radius 3 is 2.39 bits per heavy atom. The molecule has 1 rings (SSSR count). The molecule has 1 aliphatic rings. The Hall–Kier alpha value is -1.26. The lowest BCUT2D eigenvalue weighted by Gasteiger charge is -2.24. The molecule has 28 heavy (non-hydrogen) atoms. The van der Waals surface area contributed by atoms with Gasteiger partial charge in [-0.15, -0.1) is 24.0 Å². The molecule has 8 nitrogen and oxygen atoms in total. The number of rotatable bonds is 10. The first-order valence-electron chi connectivity index (χ1n) is 10.0. The molecule has 0 aromatic rings. The first-order valence-corrected chi connectivity index (χ1v) is 10.0. The SMILES string of the molecule is CCCCC(CNC(=O)OC(C)(C)C)NC(=NCC(=O)NC1CC1)NCC.I. The van der Waals surface area contributed by atoms with Gasteiger partial charge in [0.1, 0.15) is 12.1 Å². The van der Waals surface area contributed by atoms with Crippen LogP contribution in [0.5, 0.6) is 0 Å². The van der Waals surface area contributed by atoms with Gasteiger partial charge in [-0.2, -0.15) is 0 Å². The zero-order valence-corrected chi connectivity index (χ0v) is 20.2. The van der Waals surface area contributed by atoms with Crippen molar-refractivity contribution in [3.63, 3.8) is 0 Å². The maximum absolute atomic E-state index is 11.9. The molecule has 0 aliphatic heterocycles. The molecule has 1 unspecified atom stereocenters. The molecule has 164 valence electrons. The summed E-state index contributed by atoms with van der Waals surface area (Å²) in [6.07, 6.45) is 4.64. The van der Waals surface area contributed by atoms with Crippen molar-refractivity contribution >= 4 is 41.9 Å². The molecular formula is C19H38IN5O3. The zero-order valence-electron chi connectivity index (χ0n) is 17.9. The van der Waals surface area contributed by atoms with E-state index in [-0.39, 0.29) is 42.5 Å². The predicted octanol–water partition coefficient (Wildman–Crippen LogP) is 2.52. The molecule has 1 saturated carbocycles. The van der Waals surface area contributed by atoms with Crippen LogP contribution in [0.15, 0.2) is 4.99 Å². The van der Waals surface area contributed by atoms with Gasteiger partial charge in [0.25, 0.3) is 0 Å². The van der Waals surface area contributed by atoms with Crippen molar-refractivity contribution in [1.82, 2.24) is 21.3 Å². The fourth-order valence-corrected chi connectivity index (χ4v) is 2.36. The fraction of sp³-hybridized carbons (Fsp3) is 0.842. The van der Waals surface area contributed by atoms with Gasteiger partial charge < -0.3 is 26.0 Å². The predicted molar refractivity (Wildman–Crippen MR) is 123 cm³/mol. The Bertz CT molecular complexity index is 504. The van der Waals surface area contributed by atoms with E-state index in [1.807, 2.05) is 27.7 Å². The summed E-state index contributed by atoms with van der Waals surface area (Å²) in [7, 11) is 0. The maximum atomic E-state index is 11.9. The summed E-state index contributed by atoms with van der Waals surface area (Å²) in [5, 5.41) is 12.2. The third-order valence-corrected chi connectivity index (χ3v) is 3.81. The summed E-state index contributed by atoms with van der Waals surface area (Å²) in [5.41, 5.74) is -0.526. The van der Waals surface area contributed by atoms with Crippen LogP contribution in [-0.2, 0) is 9.53 Å². The van der Waals surface area contributed by atoms with Crippen molar-refractivity contribution < 1.29 is 14.3 Å². The molecule has 4 N–H and O–H groups in total. The monoisotopic (exact) mass is 511 g/mol. The molecule has 0 radical (unpaired) electrons. The van der Waals surface area contributed by atoms with Gasteiger partial charge in [-0.1, -0.05) is 19.8 Å². The minimum atomic E-state index is -0.526. The summed E-state index contributed by atoms with van der Waals surface area (Å²) in [6.45, 7) is 10.8. The second-order valence-corrected chi connectivity index (χ2v) is 7.90. The van der Waals surface area contributed by atoms with Crippen LogP contribution >= 0.6 is 24.0 Å². The van der Waals surface area contributed by atoms with Gasteiger partial charge in [0.15, 0.2) is 5.96 Å². The number of amides is 2. The summed E-state index contributed by atoms with van der Waals surface area (Å²) in [6, 6.07) is 0.334. The highest BCUT2D eigenvalue weighted by atomic mass is 127. The first-order chi connectivity index (χ1) is 12.7. The van der Waals surface area contributed by atoms with Crippen LogP contribution in [0.2, 0.25) is 0 Å². The highest BCUT2D eigenvalue weighted by Crippen LogP contribution is 2.18. The van der Waals surface area contributed by atoms with Gasteiger partial charge in [0, 0.05) is 25.2 Å². The van der Waals surface area contributed by atoms with Gasteiger partial charge in [0.2, 0.25) is 5.91 Å². The van der Waals surface area contributed by atoms with E-state index in [2.05, 4.69) is 33.2 Å². The second kappa shape index (κ2) is 13.8. The number of hydrogen-bond donors (Lipinski definition) is 4. The molecule has 1 atom stereocenters. The summed E-state index contributed by atoms with van der Waals surface area (Å²) < 4.78 is 5.29. The molecule has 0 spiro atoms. The van der Waals surface area contributed by atoms with Crippen molar-refractivity contribution in [2.45, 2.75) is 84.4 Å². The molecule has 1 fully saturated rings. The largest absolute Gasteiger partial charge is 0.444 e. The highest BCUT2D eigenvalue weighted by molar-refractivity contribution is 14.0. The van der Waals surface area contributed by atoms with Crippen molar-refractivity contribution in [3.05, 3.63) is 0 Å². The van der Waals surface area contributed by atoms with E-state index in [1.54, 1.807) is 0 Å². The van der Waals surface area contributed by atoms with Gasteiger partial charge in [-0.05, 0) is 47.0 Å². The smallest absolute Gasteiger partial charge is 0.407 e. The standard InChI is InChI=1S/C19H37N5O3.HI/c1-6-8-9-15(12-22-18(26)27-19(3,4)5)24-17(20-7-2)21-13-16(25)23-14-10-11-14;/h14-15H,6-13H2,1-5H3,(H,22,26)(H,23,25)(H2,20,21,24);1H. The molecular weight excluding hydrogens is 473 g/mol. The van der Waals surface area contributed by atoms with E-state index < -0.39 is 11.7 Å². The van der Waals surface area contributed by atoms with Crippen LogP contribution in [0.1, 0.15) is 66.7 Å². The van der Waals surface area contributed by atoms with Crippen LogP contribution in [-0.4, -0.2) is 55.3 Å². The molecule has 0 heterocycles. The highest BCUT2D eigenvalue weighted by Gasteiger charge is 2.23. The van der Waals surface area contributed by atoms with E-state index >= 15 is 0 Å². The Labute approximate surface area is 186 Å². The minimum absolute atomic E-state index is 0. The van der Waals surface area contributed by atoms with E-state index in [9.17, 15) is 9.59 Å². The molecule has 0 aromatic heterocycles. The van der Waals surface area contributed by atoms with Gasteiger partial charge in [-0.3, -0.25) is 4.79 Å². The Balaban J connectivity index is 0.00000729. The summed E-state index contributed by atoms with van der Waals surface area (Å²) >= 11 is 0. The molecule has 9 heteroatoms. The number of alkyl carbamates (subject to hydrolysis) is 1. The van der Waals surface area contributed by atoms with Crippen molar-refractivity contribution in [2.75, 3.05) is 19.6 Å². The number of carbonyl (C=O) groups excluding carboxylic acids is 2. The van der Waals surface area contributed by atoms with Gasteiger partial charge in [0.05, 0.1) is 0 Å². The van der Waals surface area contributed by atoms with E-state index in [1.165, 1.54) is 0 Å². The minimum Gasteiger partial charge on any atom is -0.444 e. The average Bonchev–Trinajstić information content (AvgIpc) is 3.37. The Morgan fingerprint density at radius 1 is 1.18 bits per heavy atom. The van der Waals surface area contributed by atoms with Crippen LogP contribution in [0.4, 0.5) is 4.79 Å². The topological polar surface area (TPSA) is 104 Å². The molecule has 1 aliphatic carbocycles. The van der Waals surface area contributed by atoms with Crippen molar-refractivity contribution in [2.24, 2.45) is 4.99 Å². The normalized spacial score (nSPS) is 15.1. The number of nitrogens with one attached hydrogen (secondary N) is 4. The molecule has 0 aromatic carbocycles. The lowest BCUT2D eigenvalue weighted by Crippen LogP contribution is -2.49. The number of ether oxygens (including phenoxy) is 1. The van der Waals surface area contributed by atoms with Gasteiger partial charge >= 0.3 is 6.09 Å². The van der Waals surface area contributed by atoms with Crippen molar-refractivity contribution in [1.29, 1.82) is 0 Å². The molecule has 0 bridgehead atoms.